The molecule has 10 nitrogen and oxygen atoms in total. The highest BCUT2D eigenvalue weighted by molar-refractivity contribution is 6.17. The van der Waals surface area contributed by atoms with Crippen molar-refractivity contribution in [3.8, 4) is 0 Å². The van der Waals surface area contributed by atoms with Crippen molar-refractivity contribution < 1.29 is 47.4 Å². The van der Waals surface area contributed by atoms with Crippen LogP contribution in [0.4, 0.5) is 0 Å². The summed E-state index contributed by atoms with van der Waals surface area (Å²) in [6, 6.07) is 0. The highest BCUT2D eigenvalue weighted by Crippen LogP contribution is 2.10. The molecule has 0 bridgehead atoms. The maximum atomic E-state index is 5.64. The molecule has 0 aromatic rings. The summed E-state index contributed by atoms with van der Waals surface area (Å²) < 4.78 is 54.6. The standard InChI is InChI=1S/C32H65ClO10/c1-2-3-4-5-6-7-8-9-10-11-13-34-15-17-36-19-21-38-23-25-40-27-29-42-31-32-43-30-28-41-26-24-39-22-20-37-18-16-35-14-12-33/h2-32H2,1H3. The second-order valence-corrected chi connectivity index (χ2v) is 10.4. The SMILES string of the molecule is CCCCCCCCCCCCOCCOCCOCCOCCOCCOCCOCCOCCOCCOCCCl. The summed E-state index contributed by atoms with van der Waals surface area (Å²) in [6.07, 6.45) is 13.4. The lowest BCUT2D eigenvalue weighted by Crippen LogP contribution is -2.15. The van der Waals surface area contributed by atoms with Crippen LogP contribution < -0.4 is 0 Å². The highest BCUT2D eigenvalue weighted by Gasteiger charge is 1.97. The average molecular weight is 645 g/mol. The number of unbranched alkanes of at least 4 members (excludes halogenated alkanes) is 9. The number of hydrogen-bond donors (Lipinski definition) is 0. The molecule has 11 heteroatoms. The van der Waals surface area contributed by atoms with E-state index < -0.39 is 0 Å². The van der Waals surface area contributed by atoms with Crippen LogP contribution in [0.5, 0.6) is 0 Å². The van der Waals surface area contributed by atoms with Crippen molar-refractivity contribution >= 4 is 11.6 Å². The third-order valence-electron chi connectivity index (χ3n) is 6.21. The van der Waals surface area contributed by atoms with Gasteiger partial charge in [-0.2, -0.15) is 0 Å². The summed E-state index contributed by atoms with van der Waals surface area (Å²) in [5.74, 6) is 0.503. The van der Waals surface area contributed by atoms with E-state index in [9.17, 15) is 0 Å². The van der Waals surface area contributed by atoms with E-state index in [0.717, 1.165) is 13.0 Å². The molecule has 0 aliphatic carbocycles. The summed E-state index contributed by atoms with van der Waals surface area (Å²) in [6.45, 7) is 13.6. The fourth-order valence-electron chi connectivity index (χ4n) is 3.83. The largest absolute Gasteiger partial charge is 0.379 e. The Morgan fingerprint density at radius 1 is 0.256 bits per heavy atom. The zero-order valence-electron chi connectivity index (χ0n) is 27.4. The average Bonchev–Trinajstić information content (AvgIpc) is 3.02. The van der Waals surface area contributed by atoms with Gasteiger partial charge in [-0.25, -0.2) is 0 Å². The minimum absolute atomic E-state index is 0.503. The van der Waals surface area contributed by atoms with Crippen LogP contribution in [0, 0.1) is 0 Å². The van der Waals surface area contributed by atoms with Gasteiger partial charge in [-0.3, -0.25) is 0 Å². The van der Waals surface area contributed by atoms with Crippen molar-refractivity contribution in [1.29, 1.82) is 0 Å². The van der Waals surface area contributed by atoms with E-state index in [1.54, 1.807) is 0 Å². The van der Waals surface area contributed by atoms with Gasteiger partial charge in [0.25, 0.3) is 0 Å². The first-order chi connectivity index (χ1) is 21.4. The Kier molecular flexibility index (Phi) is 41.8. The Morgan fingerprint density at radius 2 is 0.465 bits per heavy atom. The van der Waals surface area contributed by atoms with Gasteiger partial charge in [0.1, 0.15) is 0 Å². The molecule has 0 aliphatic rings. The molecule has 260 valence electrons. The molecule has 0 spiro atoms. The van der Waals surface area contributed by atoms with Crippen LogP contribution in [-0.4, -0.2) is 138 Å². The molecule has 0 radical (unpaired) electrons. The third kappa shape index (κ3) is 41.9. The maximum absolute atomic E-state index is 5.64. The van der Waals surface area contributed by atoms with E-state index in [4.69, 9.17) is 59.0 Å². The first-order valence-electron chi connectivity index (χ1n) is 16.7. The first kappa shape index (κ1) is 42.9. The quantitative estimate of drug-likeness (QED) is 0.0645. The van der Waals surface area contributed by atoms with Crippen LogP contribution in [-0.2, 0) is 47.4 Å². The lowest BCUT2D eigenvalue weighted by Gasteiger charge is -2.09. The van der Waals surface area contributed by atoms with Crippen LogP contribution >= 0.6 is 11.6 Å². The summed E-state index contributed by atoms with van der Waals surface area (Å²) in [4.78, 5) is 0. The zero-order chi connectivity index (χ0) is 31.0. The van der Waals surface area contributed by atoms with Crippen LogP contribution in [0.1, 0.15) is 71.1 Å². The minimum Gasteiger partial charge on any atom is -0.379 e. The van der Waals surface area contributed by atoms with Gasteiger partial charge < -0.3 is 47.4 Å². The van der Waals surface area contributed by atoms with Crippen molar-refractivity contribution in [3.05, 3.63) is 0 Å². The topological polar surface area (TPSA) is 92.3 Å². The van der Waals surface area contributed by atoms with E-state index in [0.29, 0.717) is 131 Å². The Hall–Kier alpha value is -0.110. The molecule has 0 fully saturated rings. The smallest absolute Gasteiger partial charge is 0.0701 e. The lowest BCUT2D eigenvalue weighted by molar-refractivity contribution is -0.0263. The summed E-state index contributed by atoms with van der Waals surface area (Å²) in [5.41, 5.74) is 0. The third-order valence-corrected chi connectivity index (χ3v) is 6.37. The first-order valence-corrected chi connectivity index (χ1v) is 17.3. The van der Waals surface area contributed by atoms with Gasteiger partial charge in [-0.05, 0) is 6.42 Å². The molecule has 0 aromatic heterocycles. The van der Waals surface area contributed by atoms with Crippen LogP contribution in [0.15, 0.2) is 0 Å². The van der Waals surface area contributed by atoms with Gasteiger partial charge in [0.2, 0.25) is 0 Å². The van der Waals surface area contributed by atoms with Gasteiger partial charge in [0.15, 0.2) is 0 Å². The fraction of sp³-hybridized carbons (Fsp3) is 1.00. The molecule has 0 atom stereocenters. The van der Waals surface area contributed by atoms with Crippen molar-refractivity contribution in [2.45, 2.75) is 71.1 Å². The van der Waals surface area contributed by atoms with Crippen LogP contribution in [0.3, 0.4) is 0 Å². The molecular weight excluding hydrogens is 580 g/mol. The normalized spacial score (nSPS) is 11.6. The van der Waals surface area contributed by atoms with Gasteiger partial charge in [-0.15, -0.1) is 11.6 Å². The molecule has 0 amide bonds. The number of halogens is 1. The van der Waals surface area contributed by atoms with Crippen LogP contribution in [0.2, 0.25) is 0 Å². The molecule has 0 heterocycles. The van der Waals surface area contributed by atoms with Crippen molar-refractivity contribution in [3.63, 3.8) is 0 Å². The predicted molar refractivity (Wildman–Crippen MR) is 171 cm³/mol. The minimum atomic E-state index is 0.503. The number of alkyl halides is 1. The molecule has 0 aliphatic heterocycles. The number of ether oxygens (including phenoxy) is 10. The zero-order valence-corrected chi connectivity index (χ0v) is 28.1. The van der Waals surface area contributed by atoms with E-state index in [1.165, 1.54) is 57.8 Å². The van der Waals surface area contributed by atoms with E-state index in [1.807, 2.05) is 0 Å². The molecule has 0 saturated carbocycles. The molecule has 0 N–H and O–H groups in total. The Labute approximate surface area is 267 Å². The van der Waals surface area contributed by atoms with Gasteiger partial charge in [0.05, 0.1) is 126 Å². The van der Waals surface area contributed by atoms with E-state index >= 15 is 0 Å². The van der Waals surface area contributed by atoms with Crippen molar-refractivity contribution in [1.82, 2.24) is 0 Å². The maximum Gasteiger partial charge on any atom is 0.0701 e. The summed E-state index contributed by atoms with van der Waals surface area (Å²) >= 11 is 5.51. The molecule has 0 aromatic carbocycles. The van der Waals surface area contributed by atoms with Crippen LogP contribution in [0.25, 0.3) is 0 Å². The van der Waals surface area contributed by atoms with Crippen molar-refractivity contribution in [2.24, 2.45) is 0 Å². The number of hydrogen-bond acceptors (Lipinski definition) is 10. The Bertz CT molecular complexity index is 439. The van der Waals surface area contributed by atoms with Gasteiger partial charge in [0, 0.05) is 12.5 Å². The summed E-state index contributed by atoms with van der Waals surface area (Å²) in [5, 5.41) is 0. The highest BCUT2D eigenvalue weighted by atomic mass is 35.5. The Morgan fingerprint density at radius 3 is 0.721 bits per heavy atom. The van der Waals surface area contributed by atoms with E-state index in [-0.39, 0.29) is 0 Å². The molecule has 0 rings (SSSR count). The van der Waals surface area contributed by atoms with Gasteiger partial charge in [-0.1, -0.05) is 64.7 Å². The molecule has 43 heavy (non-hydrogen) atoms. The number of rotatable bonds is 40. The molecule has 0 unspecified atom stereocenters. The summed E-state index contributed by atoms with van der Waals surface area (Å²) in [7, 11) is 0. The Balaban J connectivity index is 3.02. The second kappa shape index (κ2) is 41.9. The predicted octanol–water partition coefficient (Wildman–Crippen LogP) is 5.31. The monoisotopic (exact) mass is 644 g/mol. The fourth-order valence-corrected chi connectivity index (χ4v) is 3.94. The van der Waals surface area contributed by atoms with Crippen molar-refractivity contribution in [2.75, 3.05) is 138 Å². The molecular formula is C32H65ClO10. The lowest BCUT2D eigenvalue weighted by atomic mass is 10.1. The van der Waals surface area contributed by atoms with E-state index in [2.05, 4.69) is 6.92 Å². The van der Waals surface area contributed by atoms with Gasteiger partial charge >= 0.3 is 0 Å². The molecule has 0 saturated heterocycles. The second-order valence-electron chi connectivity index (χ2n) is 9.99.